The molecule has 0 saturated carbocycles. The van der Waals surface area contributed by atoms with Crippen LogP contribution in [0.25, 0.3) is 0 Å². The van der Waals surface area contributed by atoms with E-state index in [0.717, 1.165) is 0 Å². The average Bonchev–Trinajstić information content (AvgIpc) is 2.15. The maximum atomic E-state index is 11.3. The fraction of sp³-hybridized carbons (Fsp3) is 0.889. The Bertz CT molecular complexity index is 313. The Labute approximate surface area is 101 Å². The third-order valence-electron chi connectivity index (χ3n) is 1.60. The zero-order valence-electron chi connectivity index (χ0n) is 10.0. The van der Waals surface area contributed by atoms with E-state index in [4.69, 9.17) is 9.84 Å². The second-order valence-electron chi connectivity index (χ2n) is 3.58. The van der Waals surface area contributed by atoms with Gasteiger partial charge in [0, 0.05) is 6.54 Å². The molecule has 0 spiro atoms. The molecule has 0 aromatic rings. The van der Waals surface area contributed by atoms with Crippen molar-refractivity contribution in [3.8, 4) is 0 Å². The Morgan fingerprint density at radius 1 is 1.35 bits per heavy atom. The third-order valence-corrected chi connectivity index (χ3v) is 2.95. The van der Waals surface area contributed by atoms with Gasteiger partial charge in [0.15, 0.2) is 0 Å². The van der Waals surface area contributed by atoms with Crippen molar-refractivity contribution in [1.82, 2.24) is 4.72 Å². The lowest BCUT2D eigenvalue weighted by molar-refractivity contribution is -0.142. The van der Waals surface area contributed by atoms with Crippen LogP contribution in [0.15, 0.2) is 0 Å². The lowest BCUT2D eigenvalue weighted by Gasteiger charge is -2.09. The molecule has 0 saturated heterocycles. The van der Waals surface area contributed by atoms with Crippen molar-refractivity contribution in [2.75, 3.05) is 32.1 Å². The Hall–Kier alpha value is -0.700. The highest BCUT2D eigenvalue weighted by molar-refractivity contribution is 7.89. The summed E-state index contributed by atoms with van der Waals surface area (Å²) in [6.07, 6.45) is -0.0101. The number of carboxylic acids is 1. The molecule has 17 heavy (non-hydrogen) atoms. The Kier molecular flexibility index (Phi) is 8.05. The first kappa shape index (κ1) is 16.3. The number of rotatable bonds is 10. The average molecular weight is 269 g/mol. The summed E-state index contributed by atoms with van der Waals surface area (Å²) >= 11 is 0. The van der Waals surface area contributed by atoms with E-state index >= 15 is 0 Å². The molecular weight excluding hydrogens is 250 g/mol. The van der Waals surface area contributed by atoms with Crippen molar-refractivity contribution in [3.63, 3.8) is 0 Å². The van der Waals surface area contributed by atoms with Gasteiger partial charge in [-0.25, -0.2) is 17.9 Å². The third kappa shape index (κ3) is 11.6. The molecule has 0 aliphatic carbocycles. The van der Waals surface area contributed by atoms with E-state index in [2.05, 4.69) is 9.46 Å². The topological polar surface area (TPSA) is 102 Å². The summed E-state index contributed by atoms with van der Waals surface area (Å²) in [5, 5.41) is 8.26. The summed E-state index contributed by atoms with van der Waals surface area (Å²) in [4.78, 5) is 10.1. The number of ether oxygens (including phenoxy) is 2. The van der Waals surface area contributed by atoms with Crippen molar-refractivity contribution in [3.05, 3.63) is 0 Å². The van der Waals surface area contributed by atoms with Gasteiger partial charge in [-0.05, 0) is 13.8 Å². The van der Waals surface area contributed by atoms with Crippen LogP contribution in [0.4, 0.5) is 0 Å². The van der Waals surface area contributed by atoms with Crippen LogP contribution < -0.4 is 4.72 Å². The van der Waals surface area contributed by atoms with Crippen molar-refractivity contribution in [1.29, 1.82) is 0 Å². The smallest absolute Gasteiger partial charge is 0.329 e. The molecule has 0 fully saturated rings. The number of aliphatic carboxylic acids is 1. The molecule has 0 bridgehead atoms. The van der Waals surface area contributed by atoms with Crippen molar-refractivity contribution in [2.24, 2.45) is 0 Å². The fourth-order valence-electron chi connectivity index (χ4n) is 0.895. The monoisotopic (exact) mass is 269 g/mol. The van der Waals surface area contributed by atoms with Gasteiger partial charge in [-0.15, -0.1) is 0 Å². The van der Waals surface area contributed by atoms with Crippen LogP contribution in [0, 0.1) is 0 Å². The second kappa shape index (κ2) is 8.40. The summed E-state index contributed by atoms with van der Waals surface area (Å²) in [5.41, 5.74) is 0. The Morgan fingerprint density at radius 2 is 2.00 bits per heavy atom. The minimum absolute atomic E-state index is 0.0101. The van der Waals surface area contributed by atoms with Crippen LogP contribution >= 0.6 is 0 Å². The summed E-state index contributed by atoms with van der Waals surface area (Å²) in [7, 11) is -3.38. The summed E-state index contributed by atoms with van der Waals surface area (Å²) in [6, 6.07) is 0. The van der Waals surface area contributed by atoms with Gasteiger partial charge in [0.1, 0.15) is 6.61 Å². The van der Waals surface area contributed by atoms with Crippen molar-refractivity contribution >= 4 is 16.0 Å². The molecule has 0 rings (SSSR count). The van der Waals surface area contributed by atoms with Crippen LogP contribution in [0.2, 0.25) is 0 Å². The van der Waals surface area contributed by atoms with Gasteiger partial charge in [0.2, 0.25) is 10.0 Å². The predicted octanol–water partition coefficient (Wildman–Crippen LogP) is -0.568. The molecule has 0 atom stereocenters. The predicted molar refractivity (Wildman–Crippen MR) is 61.3 cm³/mol. The van der Waals surface area contributed by atoms with E-state index < -0.39 is 22.6 Å². The van der Waals surface area contributed by atoms with E-state index in [0.29, 0.717) is 0 Å². The highest BCUT2D eigenvalue weighted by Crippen LogP contribution is 1.90. The molecule has 0 unspecified atom stereocenters. The van der Waals surface area contributed by atoms with E-state index in [-0.39, 0.29) is 31.6 Å². The van der Waals surface area contributed by atoms with Gasteiger partial charge in [-0.2, -0.15) is 0 Å². The standard InChI is InChI=1S/C9H19NO6S/c1-8(2)16-5-6-17(13,14)10-3-4-15-7-9(11)12/h8,10H,3-7H2,1-2H3,(H,11,12). The molecule has 0 radical (unpaired) electrons. The van der Waals surface area contributed by atoms with Crippen LogP contribution in [0.5, 0.6) is 0 Å². The molecule has 0 amide bonds. The van der Waals surface area contributed by atoms with E-state index in [1.165, 1.54) is 0 Å². The van der Waals surface area contributed by atoms with Gasteiger partial charge in [-0.3, -0.25) is 0 Å². The van der Waals surface area contributed by atoms with Crippen LogP contribution in [0.3, 0.4) is 0 Å². The number of carboxylic acid groups (broad SMARTS) is 1. The molecule has 102 valence electrons. The zero-order chi connectivity index (χ0) is 13.3. The lowest BCUT2D eigenvalue weighted by atomic mass is 10.5. The van der Waals surface area contributed by atoms with Crippen LogP contribution in [-0.4, -0.2) is 57.7 Å². The highest BCUT2D eigenvalue weighted by atomic mass is 32.2. The van der Waals surface area contributed by atoms with Gasteiger partial charge in [-0.1, -0.05) is 0 Å². The van der Waals surface area contributed by atoms with Crippen molar-refractivity contribution in [2.45, 2.75) is 20.0 Å². The first-order chi connectivity index (χ1) is 7.83. The lowest BCUT2D eigenvalue weighted by Crippen LogP contribution is -2.32. The van der Waals surface area contributed by atoms with Gasteiger partial charge in [0.25, 0.3) is 0 Å². The molecule has 8 heteroatoms. The molecule has 0 aliphatic rings. The Balaban J connectivity index is 3.61. The molecular formula is C9H19NO6S. The Morgan fingerprint density at radius 3 is 2.53 bits per heavy atom. The quantitative estimate of drug-likeness (QED) is 0.515. The van der Waals surface area contributed by atoms with Crippen LogP contribution in [0.1, 0.15) is 13.8 Å². The molecule has 0 aromatic carbocycles. The van der Waals surface area contributed by atoms with E-state index in [1.807, 2.05) is 13.8 Å². The fourth-order valence-corrected chi connectivity index (χ4v) is 1.75. The molecule has 2 N–H and O–H groups in total. The van der Waals surface area contributed by atoms with Crippen LogP contribution in [-0.2, 0) is 24.3 Å². The summed E-state index contributed by atoms with van der Waals surface area (Å²) in [5.74, 6) is -1.21. The molecule has 0 aromatic heterocycles. The number of nitrogens with one attached hydrogen (secondary N) is 1. The SMILES string of the molecule is CC(C)OCCS(=O)(=O)NCCOCC(=O)O. The molecule has 0 heterocycles. The van der Waals surface area contributed by atoms with Crippen molar-refractivity contribution < 1.29 is 27.8 Å². The number of carbonyl (C=O) groups is 1. The minimum Gasteiger partial charge on any atom is -0.480 e. The van der Waals surface area contributed by atoms with E-state index in [9.17, 15) is 13.2 Å². The molecule has 7 nitrogen and oxygen atoms in total. The largest absolute Gasteiger partial charge is 0.480 e. The first-order valence-corrected chi connectivity index (χ1v) is 6.87. The summed E-state index contributed by atoms with van der Waals surface area (Å²) in [6.45, 7) is 3.41. The number of sulfonamides is 1. The number of hydrogen-bond donors (Lipinski definition) is 2. The van der Waals surface area contributed by atoms with E-state index in [1.54, 1.807) is 0 Å². The highest BCUT2D eigenvalue weighted by Gasteiger charge is 2.09. The first-order valence-electron chi connectivity index (χ1n) is 5.22. The maximum absolute atomic E-state index is 11.3. The second-order valence-corrected chi connectivity index (χ2v) is 5.51. The minimum atomic E-state index is -3.38. The molecule has 0 aliphatic heterocycles. The van der Waals surface area contributed by atoms with Gasteiger partial charge in [0.05, 0.1) is 25.1 Å². The van der Waals surface area contributed by atoms with Gasteiger partial charge >= 0.3 is 5.97 Å². The number of hydrogen-bond acceptors (Lipinski definition) is 5. The summed E-state index contributed by atoms with van der Waals surface area (Å²) < 4.78 is 34.8. The van der Waals surface area contributed by atoms with Gasteiger partial charge < -0.3 is 14.6 Å². The maximum Gasteiger partial charge on any atom is 0.329 e. The zero-order valence-corrected chi connectivity index (χ0v) is 10.8. The normalized spacial score (nSPS) is 11.9.